The van der Waals surface area contributed by atoms with Gasteiger partial charge in [-0.25, -0.2) is 4.79 Å². The summed E-state index contributed by atoms with van der Waals surface area (Å²) in [5.74, 6) is -0.470. The maximum atomic E-state index is 12.3. The summed E-state index contributed by atoms with van der Waals surface area (Å²) in [5.41, 5.74) is 2.10. The van der Waals surface area contributed by atoms with Gasteiger partial charge in [0.25, 0.3) is 5.24 Å². The van der Waals surface area contributed by atoms with Crippen molar-refractivity contribution < 1.29 is 19.1 Å². The molecule has 172 valence electrons. The number of thioether (sulfide) groups is 1. The number of carbonyl (C=O) groups is 3. The third-order valence-electron chi connectivity index (χ3n) is 4.94. The molecule has 1 aliphatic rings. The Hall–Kier alpha value is -2.97. The van der Waals surface area contributed by atoms with Crippen LogP contribution >= 0.6 is 24.0 Å². The lowest BCUT2D eigenvalue weighted by Gasteiger charge is -2.14. The average Bonchev–Trinajstić information content (AvgIpc) is 3.07. The summed E-state index contributed by atoms with van der Waals surface area (Å²) < 4.78 is 4.94. The van der Waals surface area contributed by atoms with E-state index in [-0.39, 0.29) is 17.1 Å². The second kappa shape index (κ2) is 12.3. The molecule has 0 radical (unpaired) electrons. The first kappa shape index (κ1) is 24.7. The molecule has 2 aromatic rings. The van der Waals surface area contributed by atoms with Crippen molar-refractivity contribution in [1.82, 2.24) is 4.90 Å². The summed E-state index contributed by atoms with van der Waals surface area (Å²) in [7, 11) is 0. The average molecular weight is 483 g/mol. The predicted molar refractivity (Wildman–Crippen MR) is 136 cm³/mol. The fourth-order valence-corrected chi connectivity index (χ4v) is 4.54. The van der Waals surface area contributed by atoms with Crippen molar-refractivity contribution in [3.8, 4) is 0 Å². The zero-order valence-electron chi connectivity index (χ0n) is 18.4. The third kappa shape index (κ3) is 7.27. The third-order valence-corrected chi connectivity index (χ3v) is 6.43. The number of unbranched alkanes of at least 4 members (excludes halogenated alkanes) is 2. The topological polar surface area (TPSA) is 75.7 Å². The van der Waals surface area contributed by atoms with Gasteiger partial charge in [-0.15, -0.1) is 0 Å². The van der Waals surface area contributed by atoms with E-state index in [1.54, 1.807) is 36.1 Å². The van der Waals surface area contributed by atoms with Gasteiger partial charge < -0.3 is 10.1 Å². The Morgan fingerprint density at radius 1 is 1.06 bits per heavy atom. The van der Waals surface area contributed by atoms with Gasteiger partial charge in [-0.3, -0.25) is 14.5 Å². The Bertz CT molecular complexity index is 1040. The van der Waals surface area contributed by atoms with E-state index < -0.39 is 0 Å². The number of anilines is 1. The number of amides is 2. The van der Waals surface area contributed by atoms with Crippen LogP contribution in [0.15, 0.2) is 59.5 Å². The zero-order chi connectivity index (χ0) is 23.6. The molecule has 1 aliphatic heterocycles. The van der Waals surface area contributed by atoms with Crippen LogP contribution in [-0.2, 0) is 9.53 Å². The normalized spacial score (nSPS) is 14.6. The Morgan fingerprint density at radius 2 is 1.79 bits per heavy atom. The van der Waals surface area contributed by atoms with Crippen LogP contribution < -0.4 is 5.32 Å². The number of nitrogens with zero attached hydrogens (tertiary/aromatic N) is 1. The highest BCUT2D eigenvalue weighted by Crippen LogP contribution is 2.33. The Labute approximate surface area is 203 Å². The minimum absolute atomic E-state index is 0.0498. The number of thiocarbonyl (C=S) groups is 1. The number of hydrogen-bond donors (Lipinski definition) is 1. The summed E-state index contributed by atoms with van der Waals surface area (Å²) in [6.07, 6.45) is 4.61. The molecule has 8 heteroatoms. The molecule has 0 aliphatic carbocycles. The fourth-order valence-electron chi connectivity index (χ4n) is 3.25. The molecule has 1 heterocycles. The quantitative estimate of drug-likeness (QED) is 0.197. The molecule has 2 amide bonds. The number of ether oxygens (including phenoxy) is 1. The number of nitrogens with one attached hydrogen (secondary N) is 1. The van der Waals surface area contributed by atoms with Gasteiger partial charge >= 0.3 is 5.97 Å². The molecular weight excluding hydrogens is 456 g/mol. The van der Waals surface area contributed by atoms with Crippen LogP contribution in [0.4, 0.5) is 10.5 Å². The van der Waals surface area contributed by atoms with Crippen molar-refractivity contribution in [1.29, 1.82) is 0 Å². The van der Waals surface area contributed by atoms with Gasteiger partial charge in [-0.05, 0) is 67.4 Å². The van der Waals surface area contributed by atoms with Crippen LogP contribution in [0.25, 0.3) is 6.08 Å². The highest BCUT2D eigenvalue weighted by Gasteiger charge is 2.31. The SMILES string of the molecule is CCOC(=O)c1ccc(NC(=O)CCCCCN2C(=O)S/C(=C/c3ccccc3)C2=S)cc1. The van der Waals surface area contributed by atoms with Crippen LogP contribution in [0.3, 0.4) is 0 Å². The maximum Gasteiger partial charge on any atom is 0.338 e. The molecule has 1 N–H and O–H groups in total. The number of benzene rings is 2. The van der Waals surface area contributed by atoms with E-state index in [0.29, 0.717) is 42.2 Å². The van der Waals surface area contributed by atoms with E-state index >= 15 is 0 Å². The second-order valence-electron chi connectivity index (χ2n) is 7.40. The highest BCUT2D eigenvalue weighted by molar-refractivity contribution is 8.19. The molecule has 1 fully saturated rings. The Kier molecular flexibility index (Phi) is 9.21. The zero-order valence-corrected chi connectivity index (χ0v) is 20.0. The molecule has 3 rings (SSSR count). The molecule has 0 aromatic heterocycles. The summed E-state index contributed by atoms with van der Waals surface area (Å²) in [6, 6.07) is 16.4. The van der Waals surface area contributed by atoms with E-state index in [0.717, 1.165) is 23.3 Å². The first-order chi connectivity index (χ1) is 16.0. The van der Waals surface area contributed by atoms with Gasteiger partial charge in [0.1, 0.15) is 4.99 Å². The molecule has 2 aromatic carbocycles. The van der Waals surface area contributed by atoms with Crippen LogP contribution in [0.2, 0.25) is 0 Å². The number of esters is 1. The van der Waals surface area contributed by atoms with Gasteiger partial charge in [0.2, 0.25) is 5.91 Å². The van der Waals surface area contributed by atoms with Gasteiger partial charge in [0, 0.05) is 18.7 Å². The van der Waals surface area contributed by atoms with E-state index in [1.165, 1.54) is 11.8 Å². The van der Waals surface area contributed by atoms with Crippen LogP contribution in [0, 0.1) is 0 Å². The smallest absolute Gasteiger partial charge is 0.338 e. The number of rotatable bonds is 10. The number of hydrogen-bond acceptors (Lipinski definition) is 6. The Morgan fingerprint density at radius 3 is 2.48 bits per heavy atom. The summed E-state index contributed by atoms with van der Waals surface area (Å²) >= 11 is 6.66. The van der Waals surface area contributed by atoms with Crippen molar-refractivity contribution >= 4 is 57.8 Å². The number of carbonyl (C=O) groups excluding carboxylic acids is 3. The van der Waals surface area contributed by atoms with Crippen molar-refractivity contribution in [3.63, 3.8) is 0 Å². The van der Waals surface area contributed by atoms with E-state index in [2.05, 4.69) is 5.32 Å². The molecule has 33 heavy (non-hydrogen) atoms. The minimum atomic E-state index is -0.382. The predicted octanol–water partition coefficient (Wildman–Crippen LogP) is 5.90. The first-order valence-electron chi connectivity index (χ1n) is 10.9. The maximum absolute atomic E-state index is 12.3. The molecule has 0 bridgehead atoms. The summed E-state index contributed by atoms with van der Waals surface area (Å²) in [4.78, 5) is 39.2. The van der Waals surface area contributed by atoms with E-state index in [9.17, 15) is 14.4 Å². The lowest BCUT2D eigenvalue weighted by atomic mass is 10.1. The van der Waals surface area contributed by atoms with Gasteiger partial charge in [0.05, 0.1) is 17.1 Å². The fraction of sp³-hybridized carbons (Fsp3) is 0.280. The van der Waals surface area contributed by atoms with Crippen LogP contribution in [0.5, 0.6) is 0 Å². The lowest BCUT2D eigenvalue weighted by Crippen LogP contribution is -2.28. The van der Waals surface area contributed by atoms with Crippen LogP contribution in [0.1, 0.15) is 48.5 Å². The van der Waals surface area contributed by atoms with Crippen LogP contribution in [-0.4, -0.2) is 40.2 Å². The molecule has 0 saturated carbocycles. The highest BCUT2D eigenvalue weighted by atomic mass is 32.2. The molecule has 6 nitrogen and oxygen atoms in total. The molecule has 0 unspecified atom stereocenters. The molecule has 1 saturated heterocycles. The van der Waals surface area contributed by atoms with E-state index in [1.807, 2.05) is 36.4 Å². The van der Waals surface area contributed by atoms with Crippen molar-refractivity contribution in [2.75, 3.05) is 18.5 Å². The van der Waals surface area contributed by atoms with E-state index in [4.69, 9.17) is 17.0 Å². The van der Waals surface area contributed by atoms with Gasteiger partial charge in [-0.2, -0.15) is 0 Å². The van der Waals surface area contributed by atoms with Crippen molar-refractivity contribution in [3.05, 3.63) is 70.6 Å². The standard InChI is InChI=1S/C25H26N2O4S2/c1-2-31-24(29)19-12-14-20(15-13-19)26-22(28)11-7-4-8-16-27-23(32)21(33-25(27)30)17-18-9-5-3-6-10-18/h3,5-6,9-10,12-15,17H,2,4,7-8,11,16H2,1H3,(H,26,28)/b21-17+. The summed E-state index contributed by atoms with van der Waals surface area (Å²) in [5, 5.41) is 2.78. The van der Waals surface area contributed by atoms with Gasteiger partial charge in [-0.1, -0.05) is 49.0 Å². The molecule has 0 spiro atoms. The largest absolute Gasteiger partial charge is 0.462 e. The minimum Gasteiger partial charge on any atom is -0.462 e. The molecular formula is C25H26N2O4S2. The monoisotopic (exact) mass is 482 g/mol. The van der Waals surface area contributed by atoms with Crippen molar-refractivity contribution in [2.24, 2.45) is 0 Å². The first-order valence-corrected chi connectivity index (χ1v) is 12.1. The lowest BCUT2D eigenvalue weighted by molar-refractivity contribution is -0.116. The van der Waals surface area contributed by atoms with Crippen molar-refractivity contribution in [2.45, 2.75) is 32.6 Å². The second-order valence-corrected chi connectivity index (χ2v) is 8.78. The van der Waals surface area contributed by atoms with Gasteiger partial charge in [0.15, 0.2) is 0 Å². The summed E-state index contributed by atoms with van der Waals surface area (Å²) in [6.45, 7) is 2.62. The Balaban J connectivity index is 1.37. The molecule has 0 atom stereocenters.